The van der Waals surface area contributed by atoms with Crippen LogP contribution in [0.5, 0.6) is 0 Å². The van der Waals surface area contributed by atoms with Crippen molar-refractivity contribution < 1.29 is 17.9 Å². The number of carbonyl (C=O) groups excluding carboxylic acids is 1. The van der Waals surface area contributed by atoms with Crippen LogP contribution in [0.2, 0.25) is 0 Å². The Morgan fingerprint density at radius 1 is 1.21 bits per heavy atom. The van der Waals surface area contributed by atoms with E-state index < -0.39 is 9.84 Å². The molecule has 1 heterocycles. The van der Waals surface area contributed by atoms with Crippen molar-refractivity contribution in [3.63, 3.8) is 0 Å². The second-order valence-corrected chi connectivity index (χ2v) is 5.97. The average Bonchev–Trinajstić information content (AvgIpc) is 2.39. The Balaban J connectivity index is 2.28. The third-order valence-corrected chi connectivity index (χ3v) is 4.01. The second-order valence-electron chi connectivity index (χ2n) is 3.97. The van der Waals surface area contributed by atoms with E-state index in [9.17, 15) is 13.2 Å². The molecule has 0 atom stereocenters. The smallest absolute Gasteiger partial charge is 0.305 e. The molecule has 0 bridgehead atoms. The molecule has 0 saturated heterocycles. The third-order valence-electron chi connectivity index (χ3n) is 2.42. The van der Waals surface area contributed by atoms with E-state index in [-0.39, 0.29) is 16.9 Å². The maximum atomic E-state index is 11.8. The van der Waals surface area contributed by atoms with Crippen LogP contribution < -0.4 is 0 Å². The van der Waals surface area contributed by atoms with Crippen LogP contribution in [0.25, 0.3) is 0 Å². The summed E-state index contributed by atoms with van der Waals surface area (Å²) in [5.74, 6) is -0.239. The van der Waals surface area contributed by atoms with E-state index in [1.807, 2.05) is 0 Å². The van der Waals surface area contributed by atoms with Gasteiger partial charge in [0, 0.05) is 18.8 Å². The van der Waals surface area contributed by atoms with E-state index in [0.717, 1.165) is 0 Å². The second kappa shape index (κ2) is 7.83. The predicted molar refractivity (Wildman–Crippen MR) is 69.2 cm³/mol. The van der Waals surface area contributed by atoms with E-state index in [1.54, 1.807) is 13.0 Å². The van der Waals surface area contributed by atoms with Gasteiger partial charge in [0.1, 0.15) is 0 Å². The van der Waals surface area contributed by atoms with Crippen molar-refractivity contribution in [3.05, 3.63) is 18.5 Å². The van der Waals surface area contributed by atoms with Crippen molar-refractivity contribution >= 4 is 15.8 Å². The fraction of sp³-hybridized carbons (Fsp3) is 0.583. The van der Waals surface area contributed by atoms with E-state index in [1.165, 1.54) is 12.4 Å². The van der Waals surface area contributed by atoms with Gasteiger partial charge in [-0.2, -0.15) is 0 Å². The Kier molecular flexibility index (Phi) is 6.41. The molecule has 1 aromatic heterocycles. The lowest BCUT2D eigenvalue weighted by Crippen LogP contribution is -2.10. The first-order valence-corrected chi connectivity index (χ1v) is 7.87. The first-order valence-electron chi connectivity index (χ1n) is 6.21. The monoisotopic (exact) mass is 286 g/mol. The summed E-state index contributed by atoms with van der Waals surface area (Å²) in [5, 5.41) is -0.139. The van der Waals surface area contributed by atoms with Crippen molar-refractivity contribution in [2.24, 2.45) is 0 Å². The Labute approximate surface area is 113 Å². The molecule has 106 valence electrons. The van der Waals surface area contributed by atoms with Gasteiger partial charge in [0.15, 0.2) is 0 Å². The minimum Gasteiger partial charge on any atom is -0.466 e. The molecular weight excluding hydrogens is 268 g/mol. The summed E-state index contributed by atoms with van der Waals surface area (Å²) in [4.78, 5) is 18.5. The molecule has 0 radical (unpaired) electrons. The molecule has 0 spiro atoms. The minimum absolute atomic E-state index is 0.000160. The molecular formula is C12H18N2O4S. The molecule has 0 aromatic carbocycles. The van der Waals surface area contributed by atoms with Crippen LogP contribution in [0, 0.1) is 0 Å². The Morgan fingerprint density at radius 3 is 2.53 bits per heavy atom. The lowest BCUT2D eigenvalue weighted by molar-refractivity contribution is -0.143. The Hall–Kier alpha value is -1.50. The molecule has 1 aromatic rings. The summed E-state index contributed by atoms with van der Waals surface area (Å²) in [6.45, 7) is 2.13. The first-order chi connectivity index (χ1) is 9.06. The van der Waals surface area contributed by atoms with Gasteiger partial charge in [-0.3, -0.25) is 4.79 Å². The number of carbonyl (C=O) groups is 1. The summed E-state index contributed by atoms with van der Waals surface area (Å²) in [7, 11) is -3.41. The zero-order chi connectivity index (χ0) is 14.1. The number of esters is 1. The van der Waals surface area contributed by atoms with Gasteiger partial charge in [-0.15, -0.1) is 0 Å². The zero-order valence-electron chi connectivity index (χ0n) is 10.9. The fourth-order valence-electron chi connectivity index (χ4n) is 1.51. The standard InChI is InChI=1S/C12H18N2O4S/c1-2-18-11(15)7-4-3-5-10-19(16,17)12-13-8-6-9-14-12/h6,8-9H,2-5,7,10H2,1H3. The number of aromatic nitrogens is 2. The molecule has 0 fully saturated rings. The summed E-state index contributed by atoms with van der Waals surface area (Å²) in [5.41, 5.74) is 0. The van der Waals surface area contributed by atoms with Gasteiger partial charge in [0.2, 0.25) is 15.0 Å². The van der Waals surface area contributed by atoms with Crippen LogP contribution >= 0.6 is 0 Å². The lowest BCUT2D eigenvalue weighted by atomic mass is 10.2. The predicted octanol–water partition coefficient (Wildman–Crippen LogP) is 1.37. The van der Waals surface area contributed by atoms with Crippen molar-refractivity contribution in [2.75, 3.05) is 12.4 Å². The van der Waals surface area contributed by atoms with Gasteiger partial charge < -0.3 is 4.74 Å². The zero-order valence-corrected chi connectivity index (χ0v) is 11.7. The van der Waals surface area contributed by atoms with Crippen LogP contribution in [0.15, 0.2) is 23.6 Å². The minimum atomic E-state index is -3.41. The topological polar surface area (TPSA) is 86.2 Å². The molecule has 0 amide bonds. The molecule has 1 rings (SSSR count). The summed E-state index contributed by atoms with van der Waals surface area (Å²) >= 11 is 0. The molecule has 0 aliphatic rings. The SMILES string of the molecule is CCOC(=O)CCCCCS(=O)(=O)c1ncccn1. The van der Waals surface area contributed by atoms with Crippen LogP contribution in [-0.4, -0.2) is 36.7 Å². The summed E-state index contributed by atoms with van der Waals surface area (Å²) in [6, 6.07) is 1.57. The molecule has 0 unspecified atom stereocenters. The van der Waals surface area contributed by atoms with E-state index in [0.29, 0.717) is 32.3 Å². The lowest BCUT2D eigenvalue weighted by Gasteiger charge is -2.03. The Morgan fingerprint density at radius 2 is 1.89 bits per heavy atom. The normalized spacial score (nSPS) is 11.2. The van der Waals surface area contributed by atoms with E-state index in [4.69, 9.17) is 4.74 Å². The molecule has 19 heavy (non-hydrogen) atoms. The summed E-state index contributed by atoms with van der Waals surface area (Å²) in [6.07, 6.45) is 4.91. The number of hydrogen-bond donors (Lipinski definition) is 0. The number of nitrogens with zero attached hydrogens (tertiary/aromatic N) is 2. The van der Waals surface area contributed by atoms with Crippen LogP contribution in [-0.2, 0) is 19.4 Å². The molecule has 0 aliphatic heterocycles. The maximum absolute atomic E-state index is 11.8. The number of hydrogen-bond acceptors (Lipinski definition) is 6. The van der Waals surface area contributed by atoms with Crippen molar-refractivity contribution in [1.82, 2.24) is 9.97 Å². The largest absolute Gasteiger partial charge is 0.466 e. The first kappa shape index (κ1) is 15.6. The van der Waals surface area contributed by atoms with Crippen molar-refractivity contribution in [3.8, 4) is 0 Å². The highest BCUT2D eigenvalue weighted by Gasteiger charge is 2.16. The molecule has 0 N–H and O–H groups in total. The molecule has 0 aliphatic carbocycles. The van der Waals surface area contributed by atoms with Gasteiger partial charge in [-0.1, -0.05) is 6.42 Å². The fourth-order valence-corrected chi connectivity index (χ4v) is 2.72. The number of ether oxygens (including phenoxy) is 1. The van der Waals surface area contributed by atoms with E-state index >= 15 is 0 Å². The van der Waals surface area contributed by atoms with E-state index in [2.05, 4.69) is 9.97 Å². The van der Waals surface area contributed by atoms with Crippen molar-refractivity contribution in [2.45, 2.75) is 37.8 Å². The van der Waals surface area contributed by atoms with Gasteiger partial charge in [-0.05, 0) is 25.8 Å². The van der Waals surface area contributed by atoms with Gasteiger partial charge in [0.25, 0.3) is 0 Å². The van der Waals surface area contributed by atoms with Gasteiger partial charge in [-0.25, -0.2) is 18.4 Å². The molecule has 7 heteroatoms. The number of sulfone groups is 1. The highest BCUT2D eigenvalue weighted by Crippen LogP contribution is 2.08. The Bertz CT molecular complexity index is 488. The number of unbranched alkanes of at least 4 members (excludes halogenated alkanes) is 2. The van der Waals surface area contributed by atoms with Gasteiger partial charge >= 0.3 is 5.97 Å². The van der Waals surface area contributed by atoms with Crippen LogP contribution in [0.1, 0.15) is 32.6 Å². The molecule has 0 saturated carbocycles. The average molecular weight is 286 g/mol. The maximum Gasteiger partial charge on any atom is 0.305 e. The van der Waals surface area contributed by atoms with Gasteiger partial charge in [0.05, 0.1) is 12.4 Å². The molecule has 6 nitrogen and oxygen atoms in total. The number of rotatable bonds is 8. The highest BCUT2D eigenvalue weighted by atomic mass is 32.2. The third kappa shape index (κ3) is 5.78. The van der Waals surface area contributed by atoms with Crippen LogP contribution in [0.3, 0.4) is 0 Å². The highest BCUT2D eigenvalue weighted by molar-refractivity contribution is 7.91. The quantitative estimate of drug-likeness (QED) is 0.407. The summed E-state index contributed by atoms with van der Waals surface area (Å²) < 4.78 is 28.4. The van der Waals surface area contributed by atoms with Crippen LogP contribution in [0.4, 0.5) is 0 Å². The van der Waals surface area contributed by atoms with Crippen molar-refractivity contribution in [1.29, 1.82) is 0 Å².